The van der Waals surface area contributed by atoms with Crippen LogP contribution in [0, 0.1) is 0 Å². The number of carbonyl (C=O) groups excluding carboxylic acids is 1. The van der Waals surface area contributed by atoms with Crippen molar-refractivity contribution in [3.8, 4) is 0 Å². The second-order valence-corrected chi connectivity index (χ2v) is 6.04. The summed E-state index contributed by atoms with van der Waals surface area (Å²) in [7, 11) is 0. The van der Waals surface area contributed by atoms with E-state index in [0.717, 1.165) is 4.47 Å². The normalized spacial score (nSPS) is 12.0. The second-order valence-electron chi connectivity index (χ2n) is 4.72. The van der Waals surface area contributed by atoms with Gasteiger partial charge in [-0.15, -0.1) is 0 Å². The van der Waals surface area contributed by atoms with Gasteiger partial charge in [-0.1, -0.05) is 39.7 Å². The third kappa shape index (κ3) is 4.08. The third-order valence-corrected chi connectivity index (χ3v) is 3.91. The summed E-state index contributed by atoms with van der Waals surface area (Å²) < 4.78 is 0.760. The Morgan fingerprint density at radius 2 is 1.95 bits per heavy atom. The van der Waals surface area contributed by atoms with Crippen molar-refractivity contribution in [1.29, 1.82) is 0 Å². The first-order valence-electron chi connectivity index (χ1n) is 6.64. The smallest absolute Gasteiger partial charge is 0.196 e. The summed E-state index contributed by atoms with van der Waals surface area (Å²) in [6.07, 6.45) is -0.896. The van der Waals surface area contributed by atoms with Crippen LogP contribution in [0.4, 0.5) is 5.69 Å². The Kier molecular flexibility index (Phi) is 5.97. The van der Waals surface area contributed by atoms with Gasteiger partial charge < -0.3 is 15.5 Å². The number of hydrogen-bond donors (Lipinski definition) is 3. The predicted molar refractivity (Wildman–Crippen MR) is 90.6 cm³/mol. The lowest BCUT2D eigenvalue weighted by Crippen LogP contribution is -2.23. The minimum atomic E-state index is -0.896. The molecule has 0 aromatic heterocycles. The number of nitrogens with one attached hydrogen (secondary N) is 1. The van der Waals surface area contributed by atoms with Crippen molar-refractivity contribution in [2.24, 2.45) is 0 Å². The molecule has 0 radical (unpaired) electrons. The average molecular weight is 385 g/mol. The standard InChI is InChI=1S/C16H15BrClNO3/c17-10-5-6-15(19-8-11(21)9-20)13(7-10)16(22)12-3-1-2-4-14(12)18/h1-7,11,19-21H,8-9H2. The van der Waals surface area contributed by atoms with Crippen LogP contribution in [0.15, 0.2) is 46.9 Å². The first-order valence-corrected chi connectivity index (χ1v) is 7.81. The lowest BCUT2D eigenvalue weighted by Gasteiger charge is -2.14. The zero-order valence-corrected chi connectivity index (χ0v) is 13.9. The second kappa shape index (κ2) is 7.74. The monoisotopic (exact) mass is 383 g/mol. The van der Waals surface area contributed by atoms with Crippen molar-refractivity contribution >= 4 is 39.0 Å². The van der Waals surface area contributed by atoms with Gasteiger partial charge in [-0.3, -0.25) is 4.79 Å². The molecule has 0 bridgehead atoms. The van der Waals surface area contributed by atoms with Crippen molar-refractivity contribution in [3.63, 3.8) is 0 Å². The maximum Gasteiger partial charge on any atom is 0.196 e. The van der Waals surface area contributed by atoms with Gasteiger partial charge in [-0.2, -0.15) is 0 Å². The first-order chi connectivity index (χ1) is 10.5. The molecule has 0 aliphatic carbocycles. The van der Waals surface area contributed by atoms with E-state index in [1.54, 1.807) is 42.5 Å². The molecule has 116 valence electrons. The highest BCUT2D eigenvalue weighted by Gasteiger charge is 2.17. The molecular formula is C16H15BrClNO3. The molecule has 3 N–H and O–H groups in total. The third-order valence-electron chi connectivity index (χ3n) is 3.08. The maximum atomic E-state index is 12.7. The molecule has 1 atom stereocenters. The van der Waals surface area contributed by atoms with E-state index < -0.39 is 6.10 Å². The minimum Gasteiger partial charge on any atom is -0.394 e. The van der Waals surface area contributed by atoms with Crippen molar-refractivity contribution in [2.75, 3.05) is 18.5 Å². The first kappa shape index (κ1) is 17.0. The van der Waals surface area contributed by atoms with Gasteiger partial charge in [-0.25, -0.2) is 0 Å². The van der Waals surface area contributed by atoms with E-state index in [0.29, 0.717) is 21.8 Å². The number of carbonyl (C=O) groups is 1. The predicted octanol–water partition coefficient (Wildman–Crippen LogP) is 3.10. The van der Waals surface area contributed by atoms with Gasteiger partial charge >= 0.3 is 0 Å². The van der Waals surface area contributed by atoms with Crippen LogP contribution in [0.1, 0.15) is 15.9 Å². The number of rotatable bonds is 6. The van der Waals surface area contributed by atoms with Crippen molar-refractivity contribution in [3.05, 3.63) is 63.1 Å². The van der Waals surface area contributed by atoms with Gasteiger partial charge in [0.25, 0.3) is 0 Å². The number of hydrogen-bond acceptors (Lipinski definition) is 4. The highest BCUT2D eigenvalue weighted by Crippen LogP contribution is 2.26. The molecule has 0 aliphatic heterocycles. The van der Waals surface area contributed by atoms with Crippen LogP contribution in [0.25, 0.3) is 0 Å². The summed E-state index contributed by atoms with van der Waals surface area (Å²) >= 11 is 9.43. The van der Waals surface area contributed by atoms with Crippen molar-refractivity contribution in [2.45, 2.75) is 6.10 Å². The van der Waals surface area contributed by atoms with Crippen molar-refractivity contribution in [1.82, 2.24) is 0 Å². The fourth-order valence-corrected chi connectivity index (χ4v) is 2.52. The Hall–Kier alpha value is -1.40. The summed E-state index contributed by atoms with van der Waals surface area (Å²) in [5.74, 6) is -0.215. The van der Waals surface area contributed by atoms with Crippen LogP contribution in [-0.2, 0) is 0 Å². The van der Waals surface area contributed by atoms with E-state index >= 15 is 0 Å². The molecule has 6 heteroatoms. The van der Waals surface area contributed by atoms with E-state index in [9.17, 15) is 9.90 Å². The van der Waals surface area contributed by atoms with Gasteiger partial charge in [-0.05, 0) is 30.3 Å². The molecule has 4 nitrogen and oxygen atoms in total. The van der Waals surface area contributed by atoms with E-state index in [-0.39, 0.29) is 18.9 Å². The van der Waals surface area contributed by atoms with Gasteiger partial charge in [0.2, 0.25) is 0 Å². The maximum absolute atomic E-state index is 12.7. The van der Waals surface area contributed by atoms with Gasteiger partial charge in [0.05, 0.1) is 17.7 Å². The molecule has 0 saturated heterocycles. The number of ketones is 1. The molecule has 0 amide bonds. The molecule has 0 saturated carbocycles. The number of aliphatic hydroxyl groups is 2. The van der Waals surface area contributed by atoms with Crippen LogP contribution >= 0.6 is 27.5 Å². The van der Waals surface area contributed by atoms with Crippen LogP contribution < -0.4 is 5.32 Å². The van der Waals surface area contributed by atoms with Crippen LogP contribution in [0.5, 0.6) is 0 Å². The highest BCUT2D eigenvalue weighted by molar-refractivity contribution is 9.10. The Morgan fingerprint density at radius 1 is 1.23 bits per heavy atom. The summed E-state index contributed by atoms with van der Waals surface area (Å²) in [5.41, 5.74) is 1.42. The largest absolute Gasteiger partial charge is 0.394 e. The number of anilines is 1. The molecule has 2 aromatic carbocycles. The zero-order valence-electron chi connectivity index (χ0n) is 11.6. The molecular weight excluding hydrogens is 370 g/mol. The Morgan fingerprint density at radius 3 is 2.64 bits per heavy atom. The molecule has 2 rings (SSSR count). The molecule has 0 aliphatic rings. The Bertz CT molecular complexity index is 678. The van der Waals surface area contributed by atoms with E-state index in [1.165, 1.54) is 0 Å². The Balaban J connectivity index is 2.35. The molecule has 0 fully saturated rings. The lowest BCUT2D eigenvalue weighted by atomic mass is 10.0. The highest BCUT2D eigenvalue weighted by atomic mass is 79.9. The molecule has 0 spiro atoms. The average Bonchev–Trinajstić information content (AvgIpc) is 2.53. The molecule has 2 aromatic rings. The van der Waals surface area contributed by atoms with Crippen LogP contribution in [0.2, 0.25) is 5.02 Å². The quantitative estimate of drug-likeness (QED) is 0.669. The topological polar surface area (TPSA) is 69.6 Å². The van der Waals surface area contributed by atoms with E-state index in [4.69, 9.17) is 16.7 Å². The molecule has 22 heavy (non-hydrogen) atoms. The minimum absolute atomic E-state index is 0.140. The zero-order chi connectivity index (χ0) is 16.1. The van der Waals surface area contributed by atoms with Crippen LogP contribution in [-0.4, -0.2) is 35.3 Å². The fraction of sp³-hybridized carbons (Fsp3) is 0.188. The number of benzene rings is 2. The fourth-order valence-electron chi connectivity index (χ4n) is 1.94. The summed E-state index contributed by atoms with van der Waals surface area (Å²) in [6, 6.07) is 12.1. The number of halogens is 2. The Labute approximate surface area is 141 Å². The lowest BCUT2D eigenvalue weighted by molar-refractivity contribution is 0.103. The van der Waals surface area contributed by atoms with E-state index in [1.807, 2.05) is 0 Å². The van der Waals surface area contributed by atoms with Gasteiger partial charge in [0.1, 0.15) is 0 Å². The van der Waals surface area contributed by atoms with E-state index in [2.05, 4.69) is 21.2 Å². The summed E-state index contributed by atoms with van der Waals surface area (Å²) in [6.45, 7) is -0.210. The summed E-state index contributed by atoms with van der Waals surface area (Å²) in [5, 5.41) is 21.7. The van der Waals surface area contributed by atoms with Crippen LogP contribution in [0.3, 0.4) is 0 Å². The molecule has 0 heterocycles. The van der Waals surface area contributed by atoms with Gasteiger partial charge in [0, 0.05) is 27.8 Å². The summed E-state index contributed by atoms with van der Waals surface area (Å²) in [4.78, 5) is 12.7. The van der Waals surface area contributed by atoms with Gasteiger partial charge in [0.15, 0.2) is 5.78 Å². The number of aliphatic hydroxyl groups excluding tert-OH is 2. The molecule has 1 unspecified atom stereocenters. The SMILES string of the molecule is O=C(c1ccccc1Cl)c1cc(Br)ccc1NCC(O)CO. The van der Waals surface area contributed by atoms with Crippen molar-refractivity contribution < 1.29 is 15.0 Å².